The van der Waals surface area contributed by atoms with Crippen LogP contribution in [0.15, 0.2) is 36.9 Å². The molecule has 1 fully saturated rings. The summed E-state index contributed by atoms with van der Waals surface area (Å²) >= 11 is 0. The monoisotopic (exact) mass is 315 g/mol. The number of nitrogens with zero attached hydrogens (tertiary/aromatic N) is 3. The fraction of sp³-hybridized carbons (Fsp3) is 0.438. The van der Waals surface area contributed by atoms with E-state index in [2.05, 4.69) is 15.4 Å². The molecule has 3 rings (SSSR count). The zero-order chi connectivity index (χ0) is 16.1. The van der Waals surface area contributed by atoms with Gasteiger partial charge in [-0.2, -0.15) is 5.10 Å². The van der Waals surface area contributed by atoms with Gasteiger partial charge < -0.3 is 15.8 Å². The van der Waals surface area contributed by atoms with Crippen LogP contribution >= 0.6 is 0 Å². The maximum absolute atomic E-state index is 12.6. The molecule has 0 bridgehead atoms. The van der Waals surface area contributed by atoms with Crippen molar-refractivity contribution in [1.29, 1.82) is 0 Å². The summed E-state index contributed by atoms with van der Waals surface area (Å²) in [5.41, 5.74) is 7.21. The minimum Gasteiger partial charge on any atom is -0.381 e. The quantitative estimate of drug-likeness (QED) is 0.859. The highest BCUT2D eigenvalue weighted by Crippen LogP contribution is 2.30. The van der Waals surface area contributed by atoms with E-state index in [0.717, 1.165) is 11.3 Å². The largest absolute Gasteiger partial charge is 0.381 e. The van der Waals surface area contributed by atoms with Crippen LogP contribution in [0.4, 0.5) is 5.69 Å². The van der Waals surface area contributed by atoms with Crippen molar-refractivity contribution < 1.29 is 9.53 Å². The molecule has 0 saturated carbocycles. The van der Waals surface area contributed by atoms with Crippen LogP contribution in [0.25, 0.3) is 0 Å². The van der Waals surface area contributed by atoms with Gasteiger partial charge in [-0.25, -0.2) is 9.67 Å². The van der Waals surface area contributed by atoms with Crippen molar-refractivity contribution in [2.45, 2.75) is 19.4 Å². The lowest BCUT2D eigenvalue weighted by atomic mass is 9.79. The van der Waals surface area contributed by atoms with Crippen LogP contribution in [0.5, 0.6) is 0 Å². The Balaban J connectivity index is 1.64. The highest BCUT2D eigenvalue weighted by atomic mass is 16.5. The zero-order valence-electron chi connectivity index (χ0n) is 12.9. The Hall–Kier alpha value is -2.25. The van der Waals surface area contributed by atoms with E-state index < -0.39 is 5.41 Å². The van der Waals surface area contributed by atoms with Crippen molar-refractivity contribution in [3.8, 4) is 0 Å². The minimum absolute atomic E-state index is 0.0210. The second kappa shape index (κ2) is 6.89. The molecule has 1 aromatic carbocycles. The second-order valence-corrected chi connectivity index (χ2v) is 5.84. The molecule has 1 aliphatic heterocycles. The van der Waals surface area contributed by atoms with Crippen LogP contribution in [-0.2, 0) is 16.1 Å². The van der Waals surface area contributed by atoms with Gasteiger partial charge in [-0.05, 0) is 30.5 Å². The molecule has 2 heterocycles. The van der Waals surface area contributed by atoms with Gasteiger partial charge in [-0.3, -0.25) is 4.79 Å². The van der Waals surface area contributed by atoms with E-state index >= 15 is 0 Å². The number of nitrogens with two attached hydrogens (primary N) is 1. The number of hydrogen-bond donors (Lipinski definition) is 2. The Kier molecular flexibility index (Phi) is 4.68. The summed E-state index contributed by atoms with van der Waals surface area (Å²) in [6, 6.07) is 7.73. The fourth-order valence-electron chi connectivity index (χ4n) is 2.74. The van der Waals surface area contributed by atoms with Gasteiger partial charge in [0.15, 0.2) is 0 Å². The minimum atomic E-state index is -0.516. The summed E-state index contributed by atoms with van der Waals surface area (Å²) in [5.74, 6) is -0.0210. The van der Waals surface area contributed by atoms with Crippen LogP contribution in [-0.4, -0.2) is 40.4 Å². The Morgan fingerprint density at radius 3 is 2.65 bits per heavy atom. The molecule has 1 aromatic heterocycles. The summed E-state index contributed by atoms with van der Waals surface area (Å²) in [4.78, 5) is 16.5. The summed E-state index contributed by atoms with van der Waals surface area (Å²) in [6.45, 7) is 2.16. The van der Waals surface area contributed by atoms with E-state index in [1.54, 1.807) is 11.0 Å². The van der Waals surface area contributed by atoms with Crippen LogP contribution in [0.1, 0.15) is 18.4 Å². The van der Waals surface area contributed by atoms with E-state index in [-0.39, 0.29) is 5.91 Å². The molecule has 1 amide bonds. The Morgan fingerprint density at radius 2 is 2.04 bits per heavy atom. The number of benzene rings is 1. The highest BCUT2D eigenvalue weighted by Gasteiger charge is 2.38. The molecular weight excluding hydrogens is 294 g/mol. The molecule has 0 spiro atoms. The lowest BCUT2D eigenvalue weighted by molar-refractivity contribution is -0.130. The van der Waals surface area contributed by atoms with Gasteiger partial charge in [-0.15, -0.1) is 0 Å². The van der Waals surface area contributed by atoms with Gasteiger partial charge in [-0.1, -0.05) is 12.1 Å². The first-order chi connectivity index (χ1) is 11.2. The maximum Gasteiger partial charge on any atom is 0.232 e. The third-order valence-corrected chi connectivity index (χ3v) is 4.35. The molecule has 0 radical (unpaired) electrons. The summed E-state index contributed by atoms with van der Waals surface area (Å²) in [6.07, 6.45) is 4.51. The van der Waals surface area contributed by atoms with Gasteiger partial charge in [0.2, 0.25) is 5.91 Å². The SMILES string of the molecule is NCC1(C(=O)Nc2ccc(Cn3cncn3)cc2)CCOCC1. The number of anilines is 1. The third-order valence-electron chi connectivity index (χ3n) is 4.35. The van der Waals surface area contributed by atoms with Crippen LogP contribution in [0.2, 0.25) is 0 Å². The average molecular weight is 315 g/mol. The molecule has 23 heavy (non-hydrogen) atoms. The third kappa shape index (κ3) is 3.57. The summed E-state index contributed by atoms with van der Waals surface area (Å²) < 4.78 is 7.09. The summed E-state index contributed by atoms with van der Waals surface area (Å²) in [7, 11) is 0. The molecule has 7 heteroatoms. The van der Waals surface area contributed by atoms with Crippen molar-refractivity contribution in [3.63, 3.8) is 0 Å². The molecular formula is C16H21N5O2. The van der Waals surface area contributed by atoms with Gasteiger partial charge in [0, 0.05) is 25.4 Å². The standard InChI is InChI=1S/C16H21N5O2/c17-10-16(5-7-23-8-6-16)15(22)20-14-3-1-13(2-4-14)9-21-12-18-11-19-21/h1-4,11-12H,5-10,17H2,(H,20,22). The topological polar surface area (TPSA) is 95.1 Å². The van der Waals surface area contributed by atoms with E-state index in [1.807, 2.05) is 24.3 Å². The number of hydrogen-bond acceptors (Lipinski definition) is 5. The molecule has 7 nitrogen and oxygen atoms in total. The molecule has 3 N–H and O–H groups in total. The first-order valence-electron chi connectivity index (χ1n) is 7.72. The van der Waals surface area contributed by atoms with Crippen LogP contribution in [0.3, 0.4) is 0 Å². The molecule has 0 atom stereocenters. The molecule has 1 saturated heterocycles. The van der Waals surface area contributed by atoms with Gasteiger partial charge in [0.05, 0.1) is 12.0 Å². The van der Waals surface area contributed by atoms with Crippen molar-refractivity contribution >= 4 is 11.6 Å². The van der Waals surface area contributed by atoms with Gasteiger partial charge in [0.25, 0.3) is 0 Å². The van der Waals surface area contributed by atoms with Crippen LogP contribution < -0.4 is 11.1 Å². The highest BCUT2D eigenvalue weighted by molar-refractivity contribution is 5.95. The van der Waals surface area contributed by atoms with E-state index in [4.69, 9.17) is 10.5 Å². The lowest BCUT2D eigenvalue weighted by Crippen LogP contribution is -2.46. The zero-order valence-corrected chi connectivity index (χ0v) is 12.9. The van der Waals surface area contributed by atoms with Crippen molar-refractivity contribution in [1.82, 2.24) is 14.8 Å². The predicted octanol–water partition coefficient (Wildman–Crippen LogP) is 1.02. The van der Waals surface area contributed by atoms with Crippen LogP contribution in [0, 0.1) is 5.41 Å². The molecule has 0 unspecified atom stereocenters. The Bertz CT molecular complexity index is 633. The lowest BCUT2D eigenvalue weighted by Gasteiger charge is -2.34. The average Bonchev–Trinajstić information content (AvgIpc) is 3.10. The van der Waals surface area contributed by atoms with E-state index in [1.165, 1.54) is 6.33 Å². The molecule has 0 aliphatic carbocycles. The number of amides is 1. The first-order valence-corrected chi connectivity index (χ1v) is 7.72. The summed E-state index contributed by atoms with van der Waals surface area (Å²) in [5, 5.41) is 7.05. The van der Waals surface area contributed by atoms with Crippen molar-refractivity contribution in [2.24, 2.45) is 11.1 Å². The molecule has 122 valence electrons. The smallest absolute Gasteiger partial charge is 0.232 e. The normalized spacial score (nSPS) is 16.9. The van der Waals surface area contributed by atoms with E-state index in [0.29, 0.717) is 39.1 Å². The Morgan fingerprint density at radius 1 is 1.30 bits per heavy atom. The molecule has 2 aromatic rings. The fourth-order valence-corrected chi connectivity index (χ4v) is 2.74. The maximum atomic E-state index is 12.6. The predicted molar refractivity (Wildman–Crippen MR) is 85.7 cm³/mol. The number of carbonyl (C=O) groups excluding carboxylic acids is 1. The van der Waals surface area contributed by atoms with Crippen molar-refractivity contribution in [3.05, 3.63) is 42.5 Å². The number of aromatic nitrogens is 3. The van der Waals surface area contributed by atoms with Gasteiger partial charge >= 0.3 is 0 Å². The second-order valence-electron chi connectivity index (χ2n) is 5.84. The number of rotatable bonds is 5. The Labute approximate surface area is 134 Å². The number of ether oxygens (including phenoxy) is 1. The first kappa shape index (κ1) is 15.6. The number of carbonyl (C=O) groups is 1. The number of nitrogens with one attached hydrogen (secondary N) is 1. The molecule has 1 aliphatic rings. The van der Waals surface area contributed by atoms with Crippen molar-refractivity contribution in [2.75, 3.05) is 25.1 Å². The van der Waals surface area contributed by atoms with E-state index in [9.17, 15) is 4.79 Å². The van der Waals surface area contributed by atoms with Gasteiger partial charge in [0.1, 0.15) is 12.7 Å².